The van der Waals surface area contributed by atoms with Crippen LogP contribution in [0.25, 0.3) is 21.8 Å². The summed E-state index contributed by atoms with van der Waals surface area (Å²) in [4.78, 5) is 25.0. The first-order chi connectivity index (χ1) is 37.3. The molecule has 10 rings (SSSR count). The minimum atomic E-state index is -4.97. The van der Waals surface area contributed by atoms with E-state index in [1.54, 1.807) is 18.9 Å². The Balaban J connectivity index is 0.000000190. The minimum Gasteiger partial charge on any atom is -0.382 e. The topological polar surface area (TPSA) is 167 Å². The number of nitrogens with one attached hydrogen (secondary N) is 2. The lowest BCUT2D eigenvalue weighted by Crippen LogP contribution is -2.53. The molecule has 0 spiro atoms. The van der Waals surface area contributed by atoms with Crippen molar-refractivity contribution in [1.82, 2.24) is 18.9 Å². The van der Waals surface area contributed by atoms with Crippen LogP contribution in [0.3, 0.4) is 0 Å². The zero-order valence-corrected chi connectivity index (χ0v) is 42.3. The number of alkyl halides is 6. The van der Waals surface area contributed by atoms with Crippen molar-refractivity contribution >= 4 is 44.6 Å². The molecule has 2 unspecified atom stereocenters. The second kappa shape index (κ2) is 23.1. The number of non-ortho nitro benzene ring substituents is 2. The third-order valence-corrected chi connectivity index (χ3v) is 14.7. The zero-order chi connectivity index (χ0) is 55.2. The molecule has 2 aliphatic heterocycles. The van der Waals surface area contributed by atoms with E-state index in [-0.39, 0.29) is 69.5 Å². The van der Waals surface area contributed by atoms with Gasteiger partial charge in [0.1, 0.15) is 0 Å². The number of piperidine rings is 2. The highest BCUT2D eigenvalue weighted by Gasteiger charge is 2.58. The maximum Gasteiger partial charge on any atom is 0.422 e. The number of benzene rings is 6. The molecule has 2 aliphatic rings. The number of aromatic nitrogens is 2. The first-order valence-electron chi connectivity index (χ1n) is 25.6. The number of hydrogen-bond acceptors (Lipinski definition) is 10. The van der Waals surface area contributed by atoms with Crippen LogP contribution in [0, 0.1) is 20.2 Å². The van der Waals surface area contributed by atoms with E-state index >= 15 is 0 Å². The average molecular weight is 1080 g/mol. The number of anilines is 2. The van der Waals surface area contributed by atoms with E-state index in [4.69, 9.17) is 0 Å². The number of β-amino-alcohol motifs (C(OH)–C–C–N with tert-alkyl or cyclic N) is 2. The Morgan fingerprint density at radius 2 is 0.808 bits per heavy atom. The number of nitrogens with zero attached hydrogens (tertiary/aromatic N) is 6. The summed E-state index contributed by atoms with van der Waals surface area (Å²) in [5.74, 6) is 0. The Hall–Kier alpha value is -7.78. The van der Waals surface area contributed by atoms with Crippen LogP contribution in [-0.2, 0) is 24.3 Å². The van der Waals surface area contributed by atoms with Crippen LogP contribution in [0.5, 0.6) is 0 Å². The lowest BCUT2D eigenvalue weighted by molar-refractivity contribution is -0.384. The van der Waals surface area contributed by atoms with E-state index in [2.05, 4.69) is 10.6 Å². The van der Waals surface area contributed by atoms with Gasteiger partial charge in [-0.15, -0.1) is 0 Å². The molecule has 0 aliphatic carbocycles. The van der Waals surface area contributed by atoms with Crippen molar-refractivity contribution in [2.45, 2.75) is 74.4 Å². The fourth-order valence-corrected chi connectivity index (χ4v) is 10.6. The maximum absolute atomic E-state index is 14.7. The molecule has 4 N–H and O–H groups in total. The van der Waals surface area contributed by atoms with Gasteiger partial charge in [-0.3, -0.25) is 30.0 Å². The zero-order valence-electron chi connectivity index (χ0n) is 42.3. The number of rotatable bonds is 16. The largest absolute Gasteiger partial charge is 0.422 e. The van der Waals surface area contributed by atoms with Crippen molar-refractivity contribution in [2.75, 3.05) is 49.9 Å². The van der Waals surface area contributed by atoms with Crippen molar-refractivity contribution in [2.24, 2.45) is 0 Å². The molecule has 4 heterocycles. The van der Waals surface area contributed by atoms with E-state index in [9.17, 15) is 56.8 Å². The normalized spacial score (nSPS) is 16.7. The van der Waals surface area contributed by atoms with Crippen molar-refractivity contribution in [1.29, 1.82) is 0 Å². The van der Waals surface area contributed by atoms with Gasteiger partial charge in [-0.25, -0.2) is 0 Å². The van der Waals surface area contributed by atoms with Gasteiger partial charge >= 0.3 is 12.4 Å². The highest BCUT2D eigenvalue weighted by Crippen LogP contribution is 2.46. The van der Waals surface area contributed by atoms with Crippen molar-refractivity contribution in [3.05, 3.63) is 213 Å². The number of para-hydroxylation sites is 2. The minimum absolute atomic E-state index is 0.121. The third-order valence-electron chi connectivity index (χ3n) is 14.7. The molecular weight excluding hydrogens is 1020 g/mol. The van der Waals surface area contributed by atoms with Crippen LogP contribution in [-0.4, -0.2) is 103 Å². The lowest BCUT2D eigenvalue weighted by atomic mass is 9.90. The summed E-state index contributed by atoms with van der Waals surface area (Å²) in [6, 6.07) is 45.2. The number of nitro groups is 2. The number of hydrogen-bond donors (Lipinski definition) is 4. The molecule has 408 valence electrons. The van der Waals surface area contributed by atoms with Crippen LogP contribution in [0.4, 0.5) is 49.1 Å². The van der Waals surface area contributed by atoms with Crippen LogP contribution in [0.2, 0.25) is 0 Å². The average Bonchev–Trinajstić information content (AvgIpc) is 4.20. The van der Waals surface area contributed by atoms with Gasteiger partial charge in [0.05, 0.1) is 20.9 Å². The van der Waals surface area contributed by atoms with Crippen molar-refractivity contribution in [3.8, 4) is 0 Å². The summed E-state index contributed by atoms with van der Waals surface area (Å²) in [6.07, 6.45) is -4.85. The lowest BCUT2D eigenvalue weighted by Gasteiger charge is -2.39. The molecule has 8 aromatic rings. The summed E-state index contributed by atoms with van der Waals surface area (Å²) >= 11 is 0. The van der Waals surface area contributed by atoms with Gasteiger partial charge in [0.15, 0.2) is 0 Å². The second-order valence-corrected chi connectivity index (χ2v) is 20.1. The monoisotopic (exact) mass is 1080 g/mol. The number of aliphatic hydroxyl groups is 2. The molecule has 0 radical (unpaired) electrons. The Morgan fingerprint density at radius 1 is 0.487 bits per heavy atom. The number of nitro benzene ring substituents is 2. The number of likely N-dealkylation sites (tertiary alicyclic amines) is 2. The van der Waals surface area contributed by atoms with Gasteiger partial charge in [0.25, 0.3) is 11.4 Å². The van der Waals surface area contributed by atoms with E-state index in [1.165, 1.54) is 48.8 Å². The van der Waals surface area contributed by atoms with Crippen LogP contribution in [0.15, 0.2) is 170 Å². The van der Waals surface area contributed by atoms with Crippen LogP contribution >= 0.6 is 0 Å². The summed E-state index contributed by atoms with van der Waals surface area (Å²) in [7, 11) is 0. The second-order valence-electron chi connectivity index (χ2n) is 20.1. The van der Waals surface area contributed by atoms with E-state index in [1.807, 2.05) is 121 Å². The molecule has 2 fully saturated rings. The Kier molecular flexibility index (Phi) is 16.3. The fraction of sp³-hybridized carbons (Fsp3) is 0.310. The first kappa shape index (κ1) is 55.0. The number of halogens is 6. The quantitative estimate of drug-likeness (QED) is 0.0415. The maximum atomic E-state index is 14.7. The molecule has 14 nitrogen and oxygen atoms in total. The van der Waals surface area contributed by atoms with Gasteiger partial charge in [-0.1, -0.05) is 97.1 Å². The predicted octanol–water partition coefficient (Wildman–Crippen LogP) is 11.8. The Labute approximate surface area is 445 Å². The molecule has 6 aromatic carbocycles. The summed E-state index contributed by atoms with van der Waals surface area (Å²) < 4.78 is 91.1. The van der Waals surface area contributed by atoms with Gasteiger partial charge < -0.3 is 30.0 Å². The smallest absolute Gasteiger partial charge is 0.382 e. The van der Waals surface area contributed by atoms with Crippen LogP contribution in [0.1, 0.15) is 47.9 Å². The fourth-order valence-electron chi connectivity index (χ4n) is 10.6. The standard InChI is InChI=1S/2C29H29F3N4O3/c2*30-29(31,32)28(37,20-34-15-13-23(14-16-34)33-22-9-5-2-6-10-22)26-19-35(18-21-7-3-1-4-8-21)27-17-24(36(38)39)11-12-25(26)27/h2*1-12,17,19,23,33,37H,13-16,18,20H2. The molecular formula is C58H58F6N8O6. The molecule has 20 heteroatoms. The highest BCUT2D eigenvalue weighted by molar-refractivity contribution is 5.88. The van der Waals surface area contributed by atoms with E-state index in [0.29, 0.717) is 51.9 Å². The predicted molar refractivity (Wildman–Crippen MR) is 287 cm³/mol. The van der Waals surface area contributed by atoms with Gasteiger partial charge in [-0.2, -0.15) is 26.3 Å². The third kappa shape index (κ3) is 12.3. The summed E-state index contributed by atoms with van der Waals surface area (Å²) in [5, 5.41) is 52.8. The molecule has 78 heavy (non-hydrogen) atoms. The van der Waals surface area contributed by atoms with Crippen molar-refractivity contribution in [3.63, 3.8) is 0 Å². The number of fused-ring (bicyclic) bond motifs is 2. The van der Waals surface area contributed by atoms with Crippen LogP contribution < -0.4 is 10.6 Å². The molecule has 0 bridgehead atoms. The SMILES string of the molecule is O=[N+]([O-])c1ccc2c(C(O)(CN3CCC(Nc4ccccc4)CC3)C(F)(F)F)cn(Cc3ccccc3)c2c1.O=[N+]([O-])c1ccc2c(C(O)(CN3CCC(Nc4ccccc4)CC3)C(F)(F)F)cn(Cc3ccccc3)c2c1. The van der Waals surface area contributed by atoms with Crippen molar-refractivity contribution < 1.29 is 46.4 Å². The van der Waals surface area contributed by atoms with Gasteiger partial charge in [-0.05, 0) is 73.2 Å². The Bertz CT molecular complexity index is 3090. The molecule has 2 aromatic heterocycles. The Morgan fingerprint density at radius 3 is 1.12 bits per heavy atom. The molecule has 2 saturated heterocycles. The highest BCUT2D eigenvalue weighted by atomic mass is 19.4. The van der Waals surface area contributed by atoms with E-state index in [0.717, 1.165) is 22.5 Å². The van der Waals surface area contributed by atoms with E-state index < -0.39 is 46.5 Å². The molecule has 0 saturated carbocycles. The summed E-state index contributed by atoms with van der Waals surface area (Å²) in [5.41, 5.74) is -3.33. The molecule has 0 amide bonds. The van der Waals surface area contributed by atoms with Gasteiger partial charge in [0.2, 0.25) is 11.2 Å². The first-order valence-corrected chi connectivity index (χ1v) is 25.6. The van der Waals surface area contributed by atoms with Gasteiger partial charge in [0, 0.05) is 134 Å². The summed E-state index contributed by atoms with van der Waals surface area (Å²) in [6.45, 7) is 0.681. The molecule has 2 atom stereocenters.